The minimum Gasteiger partial charge on any atom is -0.473 e. The molecule has 5 rings (SSSR count). The Labute approximate surface area is 230 Å². The number of carbonyl (C=O) groups excluding carboxylic acids is 1. The van der Waals surface area contributed by atoms with Crippen molar-refractivity contribution < 1.29 is 38.5 Å². The normalized spacial score (nSPS) is 17.8. The number of aliphatic carboxylic acids is 2. The van der Waals surface area contributed by atoms with Gasteiger partial charge in [-0.05, 0) is 55.8 Å². The summed E-state index contributed by atoms with van der Waals surface area (Å²) < 4.78 is 24.9. The molecule has 0 bridgehead atoms. The van der Waals surface area contributed by atoms with E-state index in [-0.39, 0.29) is 24.4 Å². The van der Waals surface area contributed by atoms with Crippen molar-refractivity contribution in [1.82, 2.24) is 14.7 Å². The molecule has 0 spiro atoms. The molecule has 0 radical (unpaired) electrons. The van der Waals surface area contributed by atoms with Crippen molar-refractivity contribution in [3.8, 4) is 11.5 Å². The standard InChI is InChI=1S/C25H29ClFN3O3.C2H2O4/c26-21-2-1-3-22(27)20(21)16-28-8-6-19(7-9-28)25(31)30-12-10-29(11-13-30)15-18-4-5-23-24(14-18)33-17-32-23;3-1(4)2(5)6/h1-5,14,19H,6-13,15-17H2;(H,3,4)(H,5,6). The number of carboxylic acid groups (broad SMARTS) is 2. The highest BCUT2D eigenvalue weighted by molar-refractivity contribution is 6.31. The van der Waals surface area contributed by atoms with Gasteiger partial charge >= 0.3 is 11.9 Å². The number of piperidine rings is 1. The number of hydrogen-bond donors (Lipinski definition) is 2. The largest absolute Gasteiger partial charge is 0.473 e. The van der Waals surface area contributed by atoms with E-state index in [9.17, 15) is 9.18 Å². The van der Waals surface area contributed by atoms with Gasteiger partial charge in [-0.15, -0.1) is 0 Å². The van der Waals surface area contributed by atoms with E-state index in [2.05, 4.69) is 15.9 Å². The minimum atomic E-state index is -1.82. The van der Waals surface area contributed by atoms with Gasteiger partial charge in [-0.25, -0.2) is 14.0 Å². The molecule has 2 aromatic carbocycles. The third-order valence-corrected chi connectivity index (χ3v) is 7.44. The number of fused-ring (bicyclic) bond motifs is 1. The number of ether oxygens (including phenoxy) is 2. The summed E-state index contributed by atoms with van der Waals surface area (Å²) in [7, 11) is 0. The van der Waals surface area contributed by atoms with Crippen LogP contribution in [0.15, 0.2) is 36.4 Å². The van der Waals surface area contributed by atoms with Gasteiger partial charge in [-0.2, -0.15) is 0 Å². The van der Waals surface area contributed by atoms with Gasteiger partial charge in [0.1, 0.15) is 5.82 Å². The Morgan fingerprint density at radius 3 is 2.15 bits per heavy atom. The maximum Gasteiger partial charge on any atom is 0.414 e. The zero-order valence-electron chi connectivity index (χ0n) is 21.4. The van der Waals surface area contributed by atoms with E-state index in [0.717, 1.165) is 70.2 Å². The molecule has 0 aliphatic carbocycles. The summed E-state index contributed by atoms with van der Waals surface area (Å²) in [5.41, 5.74) is 1.74. The monoisotopic (exact) mass is 563 g/mol. The molecule has 3 aliphatic rings. The van der Waals surface area contributed by atoms with Crippen LogP contribution in [0.25, 0.3) is 0 Å². The van der Waals surface area contributed by atoms with Crippen molar-refractivity contribution in [1.29, 1.82) is 0 Å². The van der Waals surface area contributed by atoms with Crippen molar-refractivity contribution in [2.24, 2.45) is 5.92 Å². The quantitative estimate of drug-likeness (QED) is 0.529. The lowest BCUT2D eigenvalue weighted by Gasteiger charge is -2.38. The third-order valence-electron chi connectivity index (χ3n) is 7.09. The molecule has 2 fully saturated rings. The lowest BCUT2D eigenvalue weighted by molar-refractivity contribution is -0.159. The summed E-state index contributed by atoms with van der Waals surface area (Å²) in [4.78, 5) is 37.9. The average molecular weight is 564 g/mol. The van der Waals surface area contributed by atoms with Crippen LogP contribution in [0.2, 0.25) is 5.02 Å². The van der Waals surface area contributed by atoms with Crippen molar-refractivity contribution in [3.63, 3.8) is 0 Å². The summed E-state index contributed by atoms with van der Waals surface area (Å²) in [5, 5.41) is 15.2. The highest BCUT2D eigenvalue weighted by Gasteiger charge is 2.31. The Kier molecular flexibility index (Phi) is 9.60. The molecule has 3 heterocycles. The second kappa shape index (κ2) is 13.1. The van der Waals surface area contributed by atoms with Crippen molar-refractivity contribution in [3.05, 3.63) is 58.4 Å². The zero-order chi connectivity index (χ0) is 27.9. The number of halogens is 2. The molecular formula is C27H31ClFN3O7. The van der Waals surface area contributed by atoms with Crippen LogP contribution in [-0.2, 0) is 27.5 Å². The predicted molar refractivity (Wildman–Crippen MR) is 139 cm³/mol. The van der Waals surface area contributed by atoms with Crippen LogP contribution in [-0.4, -0.2) is 88.8 Å². The van der Waals surface area contributed by atoms with Gasteiger partial charge in [0.2, 0.25) is 12.7 Å². The van der Waals surface area contributed by atoms with E-state index < -0.39 is 11.9 Å². The van der Waals surface area contributed by atoms with Crippen LogP contribution in [0.3, 0.4) is 0 Å². The Morgan fingerprint density at radius 2 is 1.51 bits per heavy atom. The Balaban J connectivity index is 0.000000531. The van der Waals surface area contributed by atoms with Gasteiger partial charge in [0.15, 0.2) is 11.5 Å². The first-order chi connectivity index (χ1) is 18.7. The molecule has 210 valence electrons. The van der Waals surface area contributed by atoms with Crippen LogP contribution in [0.4, 0.5) is 4.39 Å². The fourth-order valence-electron chi connectivity index (χ4n) is 4.93. The van der Waals surface area contributed by atoms with Crippen LogP contribution in [0, 0.1) is 11.7 Å². The third kappa shape index (κ3) is 7.59. The lowest BCUT2D eigenvalue weighted by atomic mass is 9.94. The SMILES string of the molecule is O=C(C1CCN(Cc2c(F)cccc2Cl)CC1)N1CCN(Cc2ccc3c(c2)OCO3)CC1.O=C(O)C(=O)O. The summed E-state index contributed by atoms with van der Waals surface area (Å²) in [6, 6.07) is 10.9. The van der Waals surface area contributed by atoms with Crippen LogP contribution in [0.5, 0.6) is 11.5 Å². The number of rotatable bonds is 5. The Morgan fingerprint density at radius 1 is 0.872 bits per heavy atom. The second-order valence-electron chi connectivity index (χ2n) is 9.65. The highest BCUT2D eigenvalue weighted by Crippen LogP contribution is 2.33. The summed E-state index contributed by atoms with van der Waals surface area (Å²) in [5.74, 6) is -1.98. The second-order valence-corrected chi connectivity index (χ2v) is 10.1. The molecular weight excluding hydrogens is 533 g/mol. The van der Waals surface area contributed by atoms with Gasteiger partial charge in [0.25, 0.3) is 0 Å². The molecule has 2 N–H and O–H groups in total. The number of nitrogens with zero attached hydrogens (tertiary/aromatic N) is 3. The topological polar surface area (TPSA) is 120 Å². The van der Waals surface area contributed by atoms with E-state index >= 15 is 0 Å². The zero-order valence-corrected chi connectivity index (χ0v) is 22.1. The predicted octanol–water partition coefficient (Wildman–Crippen LogP) is 2.92. The number of carboxylic acids is 2. The number of likely N-dealkylation sites (tertiary alicyclic amines) is 1. The van der Waals surface area contributed by atoms with Crippen molar-refractivity contribution >= 4 is 29.4 Å². The van der Waals surface area contributed by atoms with E-state index in [1.165, 1.54) is 11.6 Å². The molecule has 10 nitrogen and oxygen atoms in total. The van der Waals surface area contributed by atoms with Gasteiger partial charge in [-0.3, -0.25) is 14.6 Å². The first kappa shape index (κ1) is 28.6. The van der Waals surface area contributed by atoms with E-state index in [0.29, 0.717) is 17.1 Å². The minimum absolute atomic E-state index is 0.0535. The van der Waals surface area contributed by atoms with Crippen LogP contribution >= 0.6 is 11.6 Å². The number of hydrogen-bond acceptors (Lipinski definition) is 7. The molecule has 0 saturated carbocycles. The maximum absolute atomic E-state index is 14.1. The fraction of sp³-hybridized carbons (Fsp3) is 0.444. The van der Waals surface area contributed by atoms with Gasteiger partial charge in [-0.1, -0.05) is 23.7 Å². The average Bonchev–Trinajstić information content (AvgIpc) is 3.40. The highest BCUT2D eigenvalue weighted by atomic mass is 35.5. The van der Waals surface area contributed by atoms with Crippen molar-refractivity contribution in [2.45, 2.75) is 25.9 Å². The molecule has 39 heavy (non-hydrogen) atoms. The molecule has 2 aromatic rings. The smallest absolute Gasteiger partial charge is 0.414 e. The molecule has 0 aromatic heterocycles. The number of benzene rings is 2. The number of piperazine rings is 1. The van der Waals surface area contributed by atoms with E-state index in [1.54, 1.807) is 12.1 Å². The number of carbonyl (C=O) groups is 3. The first-order valence-electron chi connectivity index (χ1n) is 12.7. The van der Waals surface area contributed by atoms with Crippen LogP contribution in [0.1, 0.15) is 24.0 Å². The van der Waals surface area contributed by atoms with E-state index in [1.807, 2.05) is 17.0 Å². The van der Waals surface area contributed by atoms with Gasteiger partial charge < -0.3 is 24.6 Å². The maximum atomic E-state index is 14.1. The molecule has 1 amide bonds. The lowest BCUT2D eigenvalue weighted by Crippen LogP contribution is -2.51. The fourth-order valence-corrected chi connectivity index (χ4v) is 5.15. The molecule has 12 heteroatoms. The molecule has 0 atom stereocenters. The molecule has 2 saturated heterocycles. The van der Waals surface area contributed by atoms with Gasteiger partial charge in [0, 0.05) is 55.8 Å². The summed E-state index contributed by atoms with van der Waals surface area (Å²) in [6.45, 7) is 6.44. The Bertz CT molecular complexity index is 1170. The summed E-state index contributed by atoms with van der Waals surface area (Å²) >= 11 is 6.17. The Hall–Kier alpha value is -3.41. The van der Waals surface area contributed by atoms with Gasteiger partial charge in [0.05, 0.1) is 0 Å². The van der Waals surface area contributed by atoms with Crippen molar-refractivity contribution in [2.75, 3.05) is 46.1 Å². The summed E-state index contributed by atoms with van der Waals surface area (Å²) in [6.07, 6.45) is 1.62. The van der Waals surface area contributed by atoms with E-state index in [4.69, 9.17) is 40.9 Å². The number of amides is 1. The molecule has 3 aliphatic heterocycles. The van der Waals surface area contributed by atoms with Crippen LogP contribution < -0.4 is 9.47 Å². The molecule has 0 unspecified atom stereocenters. The first-order valence-corrected chi connectivity index (χ1v) is 13.1.